The van der Waals surface area contributed by atoms with Crippen LogP contribution in [0.25, 0.3) is 0 Å². The van der Waals surface area contributed by atoms with Crippen molar-refractivity contribution in [2.75, 3.05) is 12.4 Å². The number of hydrogen-bond donors (Lipinski definition) is 1. The summed E-state index contributed by atoms with van der Waals surface area (Å²) in [6.07, 6.45) is 1.55. The summed E-state index contributed by atoms with van der Waals surface area (Å²) in [6, 6.07) is 15.0. The lowest BCUT2D eigenvalue weighted by Crippen LogP contribution is -2.17. The number of aromatic nitrogens is 2. The Morgan fingerprint density at radius 1 is 1.11 bits per heavy atom. The van der Waals surface area contributed by atoms with E-state index in [1.165, 1.54) is 13.3 Å². The maximum atomic E-state index is 12.4. The van der Waals surface area contributed by atoms with Gasteiger partial charge in [0.25, 0.3) is 0 Å². The lowest BCUT2D eigenvalue weighted by Gasteiger charge is -2.10. The second-order valence-electron chi connectivity index (χ2n) is 5.68. The number of amides is 1. The summed E-state index contributed by atoms with van der Waals surface area (Å²) in [5, 5.41) is 10.6. The highest BCUT2D eigenvalue weighted by atomic mass is 35.5. The van der Waals surface area contributed by atoms with E-state index in [1.54, 1.807) is 54.6 Å². The Morgan fingerprint density at radius 2 is 1.93 bits per heavy atom. The molecule has 8 heteroatoms. The van der Waals surface area contributed by atoms with Crippen molar-refractivity contribution >= 4 is 29.2 Å². The molecule has 1 amide bonds. The predicted octanol–water partition coefficient (Wildman–Crippen LogP) is 3.89. The van der Waals surface area contributed by atoms with E-state index in [0.717, 1.165) is 0 Å². The van der Waals surface area contributed by atoms with Crippen molar-refractivity contribution in [2.24, 2.45) is 0 Å². The van der Waals surface area contributed by atoms with Crippen LogP contribution in [-0.4, -0.2) is 29.2 Å². The van der Waals surface area contributed by atoms with Crippen molar-refractivity contribution in [1.29, 1.82) is 0 Å². The van der Waals surface area contributed by atoms with Crippen molar-refractivity contribution < 1.29 is 19.1 Å². The molecule has 3 rings (SSSR count). The molecule has 0 aliphatic heterocycles. The zero-order valence-electron chi connectivity index (χ0n) is 14.9. The molecule has 28 heavy (non-hydrogen) atoms. The first kappa shape index (κ1) is 19.3. The fraction of sp³-hybridized carbons (Fsp3) is 0.100. The molecule has 7 nitrogen and oxygen atoms in total. The maximum Gasteiger partial charge on any atom is 0.338 e. The van der Waals surface area contributed by atoms with Crippen LogP contribution < -0.4 is 10.1 Å². The topological polar surface area (TPSA) is 90.4 Å². The average molecular weight is 398 g/mol. The number of carbonyl (C=O) groups is 2. The number of hydrogen-bond acceptors (Lipinski definition) is 6. The quantitative estimate of drug-likeness (QED) is 0.634. The van der Waals surface area contributed by atoms with Crippen LogP contribution in [0.1, 0.15) is 15.9 Å². The molecule has 142 valence electrons. The van der Waals surface area contributed by atoms with Crippen molar-refractivity contribution in [3.8, 4) is 11.6 Å². The van der Waals surface area contributed by atoms with Crippen molar-refractivity contribution in [3.05, 3.63) is 76.9 Å². The van der Waals surface area contributed by atoms with Gasteiger partial charge in [0.1, 0.15) is 5.75 Å². The molecule has 0 saturated carbocycles. The maximum absolute atomic E-state index is 12.4. The van der Waals surface area contributed by atoms with Gasteiger partial charge in [0.15, 0.2) is 0 Å². The van der Waals surface area contributed by atoms with Crippen molar-refractivity contribution in [1.82, 2.24) is 10.2 Å². The Hall–Kier alpha value is -3.45. The van der Waals surface area contributed by atoms with Gasteiger partial charge < -0.3 is 14.8 Å². The Morgan fingerprint density at radius 3 is 2.64 bits per heavy atom. The summed E-state index contributed by atoms with van der Waals surface area (Å²) in [5.74, 6) is -0.0937. The van der Waals surface area contributed by atoms with Crippen LogP contribution >= 0.6 is 11.6 Å². The highest BCUT2D eigenvalue weighted by Gasteiger charge is 2.14. The van der Waals surface area contributed by atoms with Gasteiger partial charge in [-0.05, 0) is 35.9 Å². The molecule has 2 aromatic carbocycles. The summed E-state index contributed by atoms with van der Waals surface area (Å²) >= 11 is 6.22. The molecule has 1 heterocycles. The highest BCUT2D eigenvalue weighted by molar-refractivity contribution is 6.32. The first-order chi connectivity index (χ1) is 13.6. The molecular weight excluding hydrogens is 382 g/mol. The van der Waals surface area contributed by atoms with Gasteiger partial charge >= 0.3 is 5.97 Å². The highest BCUT2D eigenvalue weighted by Crippen LogP contribution is 2.30. The third kappa shape index (κ3) is 4.83. The average Bonchev–Trinajstić information content (AvgIpc) is 2.70. The van der Waals surface area contributed by atoms with E-state index in [-0.39, 0.29) is 12.3 Å². The smallest absolute Gasteiger partial charge is 0.338 e. The van der Waals surface area contributed by atoms with E-state index in [0.29, 0.717) is 33.5 Å². The Bertz CT molecular complexity index is 996. The largest absolute Gasteiger partial charge is 0.465 e. The minimum atomic E-state index is -0.489. The second-order valence-corrected chi connectivity index (χ2v) is 6.09. The molecule has 3 aromatic rings. The Labute approximate surface area is 166 Å². The predicted molar refractivity (Wildman–Crippen MR) is 104 cm³/mol. The molecule has 0 fully saturated rings. The van der Waals surface area contributed by atoms with Gasteiger partial charge in [-0.1, -0.05) is 29.8 Å². The minimum absolute atomic E-state index is 0.0146. The Balaban J connectivity index is 1.68. The number of ether oxygens (including phenoxy) is 2. The molecule has 0 radical (unpaired) electrons. The second kappa shape index (κ2) is 8.96. The zero-order valence-corrected chi connectivity index (χ0v) is 15.6. The third-order valence-corrected chi connectivity index (χ3v) is 4.05. The number of nitrogens with one attached hydrogen (secondary N) is 1. The van der Waals surface area contributed by atoms with Crippen LogP contribution in [0.3, 0.4) is 0 Å². The zero-order chi connectivity index (χ0) is 19.9. The first-order valence-electron chi connectivity index (χ1n) is 8.28. The van der Waals surface area contributed by atoms with Gasteiger partial charge in [0, 0.05) is 18.0 Å². The van der Waals surface area contributed by atoms with Crippen LogP contribution in [0.5, 0.6) is 11.6 Å². The van der Waals surface area contributed by atoms with Crippen LogP contribution in [0, 0.1) is 0 Å². The molecule has 0 atom stereocenters. The van der Waals surface area contributed by atoms with Gasteiger partial charge in [0.05, 0.1) is 24.1 Å². The normalized spacial score (nSPS) is 10.2. The summed E-state index contributed by atoms with van der Waals surface area (Å²) in [7, 11) is 1.30. The summed E-state index contributed by atoms with van der Waals surface area (Å²) < 4.78 is 10.3. The van der Waals surface area contributed by atoms with E-state index in [9.17, 15) is 9.59 Å². The van der Waals surface area contributed by atoms with Gasteiger partial charge in [-0.15, -0.1) is 5.10 Å². The summed E-state index contributed by atoms with van der Waals surface area (Å²) in [4.78, 5) is 24.2. The van der Waals surface area contributed by atoms with Crippen LogP contribution in [0.2, 0.25) is 5.02 Å². The molecule has 0 saturated heterocycles. The van der Waals surface area contributed by atoms with E-state index < -0.39 is 5.97 Å². The molecule has 1 N–H and O–H groups in total. The van der Waals surface area contributed by atoms with E-state index in [2.05, 4.69) is 15.5 Å². The Kier molecular flexibility index (Phi) is 6.18. The number of rotatable bonds is 6. The summed E-state index contributed by atoms with van der Waals surface area (Å²) in [5.41, 5.74) is 1.42. The van der Waals surface area contributed by atoms with Gasteiger partial charge in [-0.3, -0.25) is 4.79 Å². The van der Waals surface area contributed by atoms with Crippen LogP contribution in [0.4, 0.5) is 5.69 Å². The van der Waals surface area contributed by atoms with E-state index in [4.69, 9.17) is 21.1 Å². The number of benzene rings is 2. The lowest BCUT2D eigenvalue weighted by atomic mass is 10.0. The number of esters is 1. The first-order valence-corrected chi connectivity index (χ1v) is 8.66. The van der Waals surface area contributed by atoms with Crippen LogP contribution in [0.15, 0.2) is 60.8 Å². The molecule has 0 unspecified atom stereocenters. The SMILES string of the molecule is COC(=O)c1ccccc1CC(=O)Nc1ccc(Oc2cccnn2)c(Cl)c1. The third-order valence-electron chi connectivity index (χ3n) is 3.75. The van der Waals surface area contributed by atoms with E-state index in [1.807, 2.05) is 0 Å². The fourth-order valence-electron chi connectivity index (χ4n) is 2.48. The van der Waals surface area contributed by atoms with Crippen molar-refractivity contribution in [2.45, 2.75) is 6.42 Å². The standard InChI is InChI=1S/C20H16ClN3O4/c1-27-20(26)15-6-3-2-5-13(15)11-18(25)23-14-8-9-17(16(21)12-14)28-19-7-4-10-22-24-19/h2-10,12H,11H2,1H3,(H,23,25). The van der Waals surface area contributed by atoms with Gasteiger partial charge in [-0.25, -0.2) is 4.79 Å². The fourth-order valence-corrected chi connectivity index (χ4v) is 2.70. The number of halogens is 1. The van der Waals surface area contributed by atoms with Gasteiger partial charge in [0.2, 0.25) is 11.8 Å². The minimum Gasteiger partial charge on any atom is -0.465 e. The lowest BCUT2D eigenvalue weighted by molar-refractivity contribution is -0.115. The van der Waals surface area contributed by atoms with Gasteiger partial charge in [-0.2, -0.15) is 5.10 Å². The molecule has 1 aromatic heterocycles. The molecule has 0 bridgehead atoms. The molecule has 0 aliphatic carbocycles. The number of nitrogens with zero attached hydrogens (tertiary/aromatic N) is 2. The molecule has 0 spiro atoms. The van der Waals surface area contributed by atoms with Crippen LogP contribution in [-0.2, 0) is 16.0 Å². The van der Waals surface area contributed by atoms with E-state index >= 15 is 0 Å². The number of carbonyl (C=O) groups excluding carboxylic acids is 2. The molecular formula is C20H16ClN3O4. The number of anilines is 1. The van der Waals surface area contributed by atoms with Crippen molar-refractivity contribution in [3.63, 3.8) is 0 Å². The summed E-state index contributed by atoms with van der Waals surface area (Å²) in [6.45, 7) is 0. The number of methoxy groups -OCH3 is 1. The molecule has 0 aliphatic rings. The monoisotopic (exact) mass is 397 g/mol.